The number of hydrogen-bond acceptors (Lipinski definition) is 4. The van der Waals surface area contributed by atoms with Crippen LogP contribution in [0.25, 0.3) is 5.69 Å². The molecular weight excluding hydrogens is 320 g/mol. The van der Waals surface area contributed by atoms with Gasteiger partial charge in [0.25, 0.3) is 0 Å². The molecule has 0 bridgehead atoms. The Bertz CT molecular complexity index is 648. The van der Waals surface area contributed by atoms with Crippen LogP contribution in [0.4, 0.5) is 0 Å². The highest BCUT2D eigenvalue weighted by molar-refractivity contribution is 7.64. The first-order valence-corrected chi connectivity index (χ1v) is 8.34. The fourth-order valence-electron chi connectivity index (χ4n) is 2.26. The van der Waals surface area contributed by atoms with Crippen molar-refractivity contribution in [3.05, 3.63) is 41.4 Å². The van der Waals surface area contributed by atoms with Gasteiger partial charge in [0, 0.05) is 16.9 Å². The molecule has 7 heteroatoms. The second-order valence-corrected chi connectivity index (χ2v) is 5.93. The maximum absolute atomic E-state index is 9.92. The lowest BCUT2D eigenvalue weighted by Crippen LogP contribution is -2.20. The van der Waals surface area contributed by atoms with Crippen LogP contribution in [0.1, 0.15) is 18.7 Å². The molecule has 0 radical (unpaired) electrons. The van der Waals surface area contributed by atoms with Gasteiger partial charge in [0.1, 0.15) is 12.2 Å². The second-order valence-electron chi connectivity index (χ2n) is 4.97. The number of rotatable bonds is 3. The van der Waals surface area contributed by atoms with Crippen molar-refractivity contribution in [2.75, 3.05) is 19.6 Å². The van der Waals surface area contributed by atoms with Crippen molar-refractivity contribution in [2.24, 2.45) is 0 Å². The lowest BCUT2D eigenvalue weighted by atomic mass is 10.3. The van der Waals surface area contributed by atoms with E-state index in [4.69, 9.17) is 11.6 Å². The molecule has 1 aromatic heterocycles. The van der Waals surface area contributed by atoms with E-state index < -0.39 is 0 Å². The number of aryl methyl sites for hydroxylation is 1. The predicted molar refractivity (Wildman–Crippen MR) is 91.0 cm³/mol. The second kappa shape index (κ2) is 8.82. The van der Waals surface area contributed by atoms with Crippen LogP contribution in [-0.4, -0.2) is 48.9 Å². The molecule has 3 rings (SSSR count). The van der Waals surface area contributed by atoms with Gasteiger partial charge in [-0.3, -0.25) is 4.90 Å². The molecule has 22 heavy (non-hydrogen) atoms. The minimum atomic E-state index is 0.572. The minimum Gasteiger partial charge on any atom is -0.299 e. The Morgan fingerprint density at radius 3 is 2.73 bits per heavy atom. The van der Waals surface area contributed by atoms with Gasteiger partial charge in [-0.25, -0.2) is 13.9 Å². The smallest absolute Gasteiger partial charge is 0.138 e. The number of nitrogens with zero attached hydrogens (tertiary/aromatic N) is 4. The first-order chi connectivity index (χ1) is 10.7. The Kier molecular flexibility index (Phi) is 6.76. The summed E-state index contributed by atoms with van der Waals surface area (Å²) in [6.45, 7) is 5.12. The third-order valence-corrected chi connectivity index (χ3v) is 3.89. The molecule has 0 unspecified atom stereocenters. The summed E-state index contributed by atoms with van der Waals surface area (Å²) < 4.78 is 11.7. The van der Waals surface area contributed by atoms with Crippen molar-refractivity contribution in [2.45, 2.75) is 19.8 Å². The zero-order valence-corrected chi connectivity index (χ0v) is 14.1. The molecule has 2 heterocycles. The number of likely N-dealkylation sites (tertiary alicyclic amines) is 1. The Hall–Kier alpha value is -1.50. The molecule has 118 valence electrons. The summed E-state index contributed by atoms with van der Waals surface area (Å²) >= 11 is 6.42. The SMILES string of the molecule is Cc1ncnn1-c1cccc(Cl)c1.O=S=CCN1CCCC1. The van der Waals surface area contributed by atoms with Crippen LogP contribution in [0, 0.1) is 6.92 Å². The van der Waals surface area contributed by atoms with Gasteiger partial charge in [0.15, 0.2) is 0 Å². The number of hydrogen-bond donors (Lipinski definition) is 0. The third kappa shape index (κ3) is 5.05. The van der Waals surface area contributed by atoms with Crippen LogP contribution >= 0.6 is 11.6 Å². The van der Waals surface area contributed by atoms with Gasteiger partial charge in [-0.2, -0.15) is 5.10 Å². The van der Waals surface area contributed by atoms with Crippen molar-refractivity contribution < 1.29 is 4.21 Å². The quantitative estimate of drug-likeness (QED) is 0.806. The molecule has 1 aliphatic heterocycles. The van der Waals surface area contributed by atoms with E-state index >= 15 is 0 Å². The molecular formula is C15H19ClN4OS. The Morgan fingerprint density at radius 1 is 1.36 bits per heavy atom. The first kappa shape index (κ1) is 16.9. The molecule has 1 aromatic carbocycles. The highest BCUT2D eigenvalue weighted by Gasteiger charge is 2.08. The summed E-state index contributed by atoms with van der Waals surface area (Å²) in [5.74, 6) is 0.849. The summed E-state index contributed by atoms with van der Waals surface area (Å²) in [5.41, 5.74) is 0.933. The van der Waals surface area contributed by atoms with Crippen LogP contribution in [0.15, 0.2) is 30.6 Å². The molecule has 0 spiro atoms. The number of benzene rings is 1. The first-order valence-electron chi connectivity index (χ1n) is 7.16. The lowest BCUT2D eigenvalue weighted by molar-refractivity contribution is 0.392. The average Bonchev–Trinajstić information content (AvgIpc) is 3.17. The van der Waals surface area contributed by atoms with Gasteiger partial charge >= 0.3 is 0 Å². The zero-order valence-electron chi connectivity index (χ0n) is 12.5. The van der Waals surface area contributed by atoms with Gasteiger partial charge in [0.2, 0.25) is 0 Å². The molecule has 2 aromatic rings. The summed E-state index contributed by atoms with van der Waals surface area (Å²) in [6, 6.07) is 7.51. The Labute approximate surface area is 139 Å². The molecule has 5 nitrogen and oxygen atoms in total. The van der Waals surface area contributed by atoms with Crippen LogP contribution < -0.4 is 0 Å². The molecule has 1 aliphatic rings. The summed E-state index contributed by atoms with van der Waals surface area (Å²) in [7, 11) is 0. The fourth-order valence-corrected chi connectivity index (χ4v) is 2.72. The fraction of sp³-hybridized carbons (Fsp3) is 0.400. The largest absolute Gasteiger partial charge is 0.299 e. The molecule has 0 amide bonds. The highest BCUT2D eigenvalue weighted by atomic mass is 35.5. The van der Waals surface area contributed by atoms with E-state index in [9.17, 15) is 4.21 Å². The van der Waals surface area contributed by atoms with E-state index in [0.29, 0.717) is 16.3 Å². The topological polar surface area (TPSA) is 51.0 Å². The lowest BCUT2D eigenvalue weighted by Gasteiger charge is -2.08. The van der Waals surface area contributed by atoms with Crippen molar-refractivity contribution in [3.63, 3.8) is 0 Å². The zero-order chi connectivity index (χ0) is 15.8. The maximum atomic E-state index is 9.92. The predicted octanol–water partition coefficient (Wildman–Crippen LogP) is 2.33. The number of aromatic nitrogens is 3. The highest BCUT2D eigenvalue weighted by Crippen LogP contribution is 2.14. The molecule has 1 saturated heterocycles. The van der Waals surface area contributed by atoms with E-state index in [1.54, 1.807) is 10.0 Å². The molecule has 0 atom stereocenters. The van der Waals surface area contributed by atoms with E-state index in [2.05, 4.69) is 15.0 Å². The number of halogens is 1. The normalized spacial score (nSPS) is 14.3. The molecule has 1 fully saturated rings. The third-order valence-electron chi connectivity index (χ3n) is 3.37. The van der Waals surface area contributed by atoms with Crippen molar-refractivity contribution >= 4 is 28.2 Å². The minimum absolute atomic E-state index is 0.572. The maximum Gasteiger partial charge on any atom is 0.138 e. The van der Waals surface area contributed by atoms with Crippen molar-refractivity contribution in [1.82, 2.24) is 19.7 Å². The van der Waals surface area contributed by atoms with E-state index in [1.165, 1.54) is 32.3 Å². The molecule has 0 N–H and O–H groups in total. The molecule has 0 saturated carbocycles. The summed E-state index contributed by atoms with van der Waals surface area (Å²) in [6.07, 6.45) is 4.13. The summed E-state index contributed by atoms with van der Waals surface area (Å²) in [5, 5.41) is 6.49. The monoisotopic (exact) mass is 338 g/mol. The van der Waals surface area contributed by atoms with Crippen LogP contribution in [0.5, 0.6) is 0 Å². The van der Waals surface area contributed by atoms with Gasteiger partial charge < -0.3 is 0 Å². The Balaban J connectivity index is 0.000000172. The van der Waals surface area contributed by atoms with Crippen LogP contribution in [0.3, 0.4) is 0 Å². The van der Waals surface area contributed by atoms with E-state index in [-0.39, 0.29) is 0 Å². The standard InChI is InChI=1S/C9H8ClN3.C6H11NOS/c1-7-11-6-12-13(7)9-4-2-3-8(10)5-9;8-9-6-5-7-3-1-2-4-7/h2-6H,1H3;6H,1-5H2. The van der Waals surface area contributed by atoms with Gasteiger partial charge in [0.05, 0.1) is 16.9 Å². The van der Waals surface area contributed by atoms with Gasteiger partial charge in [-0.1, -0.05) is 17.7 Å². The van der Waals surface area contributed by atoms with Gasteiger partial charge in [-0.05, 0) is 51.1 Å². The van der Waals surface area contributed by atoms with E-state index in [0.717, 1.165) is 18.1 Å². The Morgan fingerprint density at radius 2 is 2.14 bits per heavy atom. The van der Waals surface area contributed by atoms with Crippen molar-refractivity contribution in [1.29, 1.82) is 0 Å². The van der Waals surface area contributed by atoms with Crippen LogP contribution in [0.2, 0.25) is 5.02 Å². The molecule has 0 aliphatic carbocycles. The summed E-state index contributed by atoms with van der Waals surface area (Å²) in [4.78, 5) is 6.33. The average molecular weight is 339 g/mol. The van der Waals surface area contributed by atoms with Crippen LogP contribution in [-0.2, 0) is 11.3 Å². The van der Waals surface area contributed by atoms with E-state index in [1.807, 2.05) is 31.2 Å². The van der Waals surface area contributed by atoms with Crippen molar-refractivity contribution in [3.8, 4) is 5.69 Å². The van der Waals surface area contributed by atoms with Gasteiger partial charge in [-0.15, -0.1) is 0 Å².